The lowest BCUT2D eigenvalue weighted by atomic mass is 10.1. The second-order valence-corrected chi connectivity index (χ2v) is 9.32. The highest BCUT2D eigenvalue weighted by Crippen LogP contribution is 2.26. The highest BCUT2D eigenvalue weighted by molar-refractivity contribution is 6.08. The van der Waals surface area contributed by atoms with Crippen molar-refractivity contribution in [1.29, 1.82) is 0 Å². The first-order valence-electron chi connectivity index (χ1n) is 13.1. The average molecular weight is 509 g/mol. The van der Waals surface area contributed by atoms with Crippen molar-refractivity contribution >= 4 is 43.6 Å². The second-order valence-electron chi connectivity index (χ2n) is 9.32. The summed E-state index contributed by atoms with van der Waals surface area (Å²) in [4.78, 5) is 16.0. The summed E-state index contributed by atoms with van der Waals surface area (Å²) in [5, 5.41) is 11.7. The summed E-state index contributed by atoms with van der Waals surface area (Å²) >= 11 is 0. The minimum atomic E-state index is 0.580. The van der Waals surface area contributed by atoms with Crippen LogP contribution in [0.2, 0.25) is 0 Å². The maximum absolute atomic E-state index is 5.70. The smallest absolute Gasteiger partial charge is 0.0782 e. The zero-order valence-corrected chi connectivity index (χ0v) is 21.3. The van der Waals surface area contributed by atoms with Crippen LogP contribution in [0.25, 0.3) is 43.6 Å². The number of hydrogen-bond donors (Lipinski definition) is 4. The molecule has 0 radical (unpaired) electrons. The quantitative estimate of drug-likeness (QED) is 0.169. The Hall–Kier alpha value is -3.82. The summed E-state index contributed by atoms with van der Waals surface area (Å²) in [6, 6.07) is 20.9. The Balaban J connectivity index is 0.840. The number of hydrogen-bond acceptors (Lipinski definition) is 6. The largest absolute Gasteiger partial charge is 0.378 e. The van der Waals surface area contributed by atoms with Gasteiger partial charge < -0.3 is 30.1 Å². The number of ether oxygens (including phenoxy) is 2. The highest BCUT2D eigenvalue weighted by atomic mass is 16.5. The molecule has 194 valence electrons. The van der Waals surface area contributed by atoms with Crippen LogP contribution in [0.5, 0.6) is 0 Å². The van der Waals surface area contributed by atoms with Gasteiger partial charge in [0.05, 0.1) is 55.0 Å². The van der Waals surface area contributed by atoms with Crippen molar-refractivity contribution in [3.05, 3.63) is 84.4 Å². The third kappa shape index (κ3) is 5.39. The number of rotatable bonds is 13. The molecule has 0 bridgehead atoms. The van der Waals surface area contributed by atoms with Crippen molar-refractivity contribution in [1.82, 2.24) is 30.6 Å². The van der Waals surface area contributed by atoms with E-state index in [2.05, 4.69) is 79.1 Å². The Labute approximate surface area is 220 Å². The van der Waals surface area contributed by atoms with E-state index in [-0.39, 0.29) is 0 Å². The van der Waals surface area contributed by atoms with Crippen LogP contribution in [0.1, 0.15) is 11.4 Å². The monoisotopic (exact) mass is 508 g/mol. The Kier molecular flexibility index (Phi) is 7.55. The predicted octanol–water partition coefficient (Wildman–Crippen LogP) is 4.66. The number of pyridine rings is 2. The Bertz CT molecular complexity index is 1660. The van der Waals surface area contributed by atoms with Crippen LogP contribution < -0.4 is 10.6 Å². The van der Waals surface area contributed by atoms with E-state index in [1.165, 1.54) is 21.5 Å². The summed E-state index contributed by atoms with van der Waals surface area (Å²) in [5.41, 5.74) is 6.48. The van der Waals surface area contributed by atoms with E-state index < -0.39 is 0 Å². The molecule has 4 N–H and O–H groups in total. The van der Waals surface area contributed by atoms with E-state index in [9.17, 15) is 0 Å². The topological polar surface area (TPSA) is 99.9 Å². The van der Waals surface area contributed by atoms with Crippen LogP contribution in [-0.4, -0.2) is 59.5 Å². The van der Waals surface area contributed by atoms with Crippen LogP contribution in [0.3, 0.4) is 0 Å². The van der Waals surface area contributed by atoms with E-state index in [4.69, 9.17) is 9.47 Å². The molecule has 2 aromatic carbocycles. The van der Waals surface area contributed by atoms with Gasteiger partial charge >= 0.3 is 0 Å². The third-order valence-corrected chi connectivity index (χ3v) is 6.77. The standard InChI is InChI=1S/C30H32N6O2/c1-4-8-27-22(5-1)24-9-10-33-29(30(24)36-27)19-32-12-14-38-16-15-37-13-11-31-18-21-17-25-23-6-2-3-7-26(23)35-28(25)20-34-21/h1-10,17,20,31-32,35-36H,11-16,18-19H2. The molecule has 8 nitrogen and oxygen atoms in total. The number of benzene rings is 2. The van der Waals surface area contributed by atoms with Gasteiger partial charge in [0.2, 0.25) is 0 Å². The molecule has 4 aromatic heterocycles. The zero-order valence-electron chi connectivity index (χ0n) is 21.3. The van der Waals surface area contributed by atoms with Gasteiger partial charge in [-0.3, -0.25) is 9.97 Å². The lowest BCUT2D eigenvalue weighted by Gasteiger charge is -2.08. The molecular formula is C30H32N6O2. The number of aromatic nitrogens is 4. The number of aromatic amines is 2. The zero-order chi connectivity index (χ0) is 25.6. The normalized spacial score (nSPS) is 11.9. The average Bonchev–Trinajstić information content (AvgIpc) is 3.52. The Morgan fingerprint density at radius 2 is 1.32 bits per heavy atom. The number of H-pyrrole nitrogens is 2. The molecule has 0 aliphatic rings. The fourth-order valence-corrected chi connectivity index (χ4v) is 4.89. The van der Waals surface area contributed by atoms with Gasteiger partial charge in [0.15, 0.2) is 0 Å². The summed E-state index contributed by atoms with van der Waals surface area (Å²) < 4.78 is 11.4. The lowest BCUT2D eigenvalue weighted by molar-refractivity contribution is 0.0497. The van der Waals surface area contributed by atoms with Crippen LogP contribution in [0, 0.1) is 0 Å². The first kappa shape index (κ1) is 24.5. The fourth-order valence-electron chi connectivity index (χ4n) is 4.89. The minimum absolute atomic E-state index is 0.580. The summed E-state index contributed by atoms with van der Waals surface area (Å²) in [5.74, 6) is 0. The van der Waals surface area contributed by atoms with Gasteiger partial charge in [-0.1, -0.05) is 36.4 Å². The van der Waals surface area contributed by atoms with Gasteiger partial charge in [-0.15, -0.1) is 0 Å². The van der Waals surface area contributed by atoms with Gasteiger partial charge in [-0.25, -0.2) is 0 Å². The van der Waals surface area contributed by atoms with Crippen LogP contribution in [0.4, 0.5) is 0 Å². The molecule has 0 unspecified atom stereocenters. The molecule has 0 spiro atoms. The first-order chi connectivity index (χ1) is 18.9. The predicted molar refractivity (Wildman–Crippen MR) is 152 cm³/mol. The van der Waals surface area contributed by atoms with E-state index >= 15 is 0 Å². The molecule has 0 saturated carbocycles. The van der Waals surface area contributed by atoms with E-state index in [1.807, 2.05) is 24.5 Å². The summed E-state index contributed by atoms with van der Waals surface area (Å²) in [6.45, 7) is 5.35. The molecule has 0 amide bonds. The van der Waals surface area contributed by atoms with Gasteiger partial charge in [0, 0.05) is 65.0 Å². The molecule has 0 fully saturated rings. The molecule has 0 aliphatic carbocycles. The number of para-hydroxylation sites is 2. The van der Waals surface area contributed by atoms with Gasteiger partial charge in [0.1, 0.15) is 0 Å². The lowest BCUT2D eigenvalue weighted by Crippen LogP contribution is -2.22. The van der Waals surface area contributed by atoms with Gasteiger partial charge in [-0.2, -0.15) is 0 Å². The molecule has 38 heavy (non-hydrogen) atoms. The van der Waals surface area contributed by atoms with Crippen molar-refractivity contribution in [2.75, 3.05) is 39.5 Å². The second kappa shape index (κ2) is 11.7. The maximum Gasteiger partial charge on any atom is 0.0782 e. The molecule has 0 atom stereocenters. The Morgan fingerprint density at radius 3 is 2.11 bits per heavy atom. The summed E-state index contributed by atoms with van der Waals surface area (Å²) in [6.07, 6.45) is 3.79. The van der Waals surface area contributed by atoms with Crippen molar-refractivity contribution in [2.45, 2.75) is 13.1 Å². The highest BCUT2D eigenvalue weighted by Gasteiger charge is 2.08. The van der Waals surface area contributed by atoms with Crippen molar-refractivity contribution in [3.8, 4) is 0 Å². The van der Waals surface area contributed by atoms with Crippen molar-refractivity contribution < 1.29 is 9.47 Å². The van der Waals surface area contributed by atoms with Gasteiger partial charge in [-0.05, 0) is 24.3 Å². The minimum Gasteiger partial charge on any atom is -0.378 e. The van der Waals surface area contributed by atoms with Crippen molar-refractivity contribution in [2.24, 2.45) is 0 Å². The van der Waals surface area contributed by atoms with Crippen LogP contribution in [0.15, 0.2) is 73.1 Å². The number of nitrogens with zero attached hydrogens (tertiary/aromatic N) is 2. The molecule has 0 aliphatic heterocycles. The number of fused-ring (bicyclic) bond motifs is 6. The SMILES string of the molecule is c1ccc2c(c1)[nH]c1cnc(CNCCOCCOCCNCc3nccc4c3[nH]c3ccccc34)cc12. The maximum atomic E-state index is 5.70. The van der Waals surface area contributed by atoms with Crippen LogP contribution in [-0.2, 0) is 22.6 Å². The van der Waals surface area contributed by atoms with Crippen molar-refractivity contribution in [3.63, 3.8) is 0 Å². The third-order valence-electron chi connectivity index (χ3n) is 6.77. The molecule has 0 saturated heterocycles. The van der Waals surface area contributed by atoms with E-state index in [1.54, 1.807) is 0 Å². The first-order valence-corrected chi connectivity index (χ1v) is 13.1. The molecular weight excluding hydrogens is 476 g/mol. The Morgan fingerprint density at radius 1 is 0.632 bits per heavy atom. The van der Waals surface area contributed by atoms with E-state index in [0.29, 0.717) is 39.5 Å². The van der Waals surface area contributed by atoms with Crippen LogP contribution >= 0.6 is 0 Å². The molecule has 8 heteroatoms. The van der Waals surface area contributed by atoms with Gasteiger partial charge in [0.25, 0.3) is 0 Å². The molecule has 4 heterocycles. The molecule has 6 aromatic rings. The summed E-state index contributed by atoms with van der Waals surface area (Å²) in [7, 11) is 0. The van der Waals surface area contributed by atoms with E-state index in [0.717, 1.165) is 46.5 Å². The fraction of sp³-hybridized carbons (Fsp3) is 0.267. The number of nitrogens with one attached hydrogen (secondary N) is 4. The molecule has 6 rings (SSSR count).